The Balaban J connectivity index is 4.03. The summed E-state index contributed by atoms with van der Waals surface area (Å²) in [5.41, 5.74) is 5.38. The Morgan fingerprint density at radius 2 is 2.17 bits per heavy atom. The summed E-state index contributed by atoms with van der Waals surface area (Å²) < 4.78 is 0.756. The predicted molar refractivity (Wildman–Crippen MR) is 55.5 cm³/mol. The molecule has 0 saturated heterocycles. The van der Waals surface area contributed by atoms with Crippen molar-refractivity contribution in [3.63, 3.8) is 0 Å². The summed E-state index contributed by atoms with van der Waals surface area (Å²) >= 11 is 3.23. The molecule has 0 saturated carbocycles. The van der Waals surface area contributed by atoms with Gasteiger partial charge in [-0.1, -0.05) is 0 Å². The first kappa shape index (κ1) is 11.6. The second kappa shape index (κ2) is 4.62. The second-order valence-electron chi connectivity index (χ2n) is 3.31. The predicted octanol–water partition coefficient (Wildman–Crippen LogP) is 1.41. The fraction of sp³-hybridized carbons (Fsp3) is 0.625. The number of allylic oxidation sites excluding steroid dienone is 2. The van der Waals surface area contributed by atoms with Crippen molar-refractivity contribution in [2.24, 2.45) is 10.7 Å². The van der Waals surface area contributed by atoms with Crippen molar-refractivity contribution in [1.82, 2.24) is 0 Å². The summed E-state index contributed by atoms with van der Waals surface area (Å²) in [5, 5.41) is 9.29. The van der Waals surface area contributed by atoms with E-state index >= 15 is 0 Å². The molecule has 0 atom stereocenters. The lowest BCUT2D eigenvalue weighted by Gasteiger charge is -2.12. The van der Waals surface area contributed by atoms with Crippen molar-refractivity contribution >= 4 is 22.1 Å². The van der Waals surface area contributed by atoms with E-state index in [1.54, 1.807) is 27.0 Å². The first-order valence-corrected chi connectivity index (χ1v) is 4.46. The monoisotopic (exact) mass is 234 g/mol. The van der Waals surface area contributed by atoms with E-state index in [1.165, 1.54) is 0 Å². The third-order valence-corrected chi connectivity index (χ3v) is 1.89. The van der Waals surface area contributed by atoms with Crippen LogP contribution in [-0.2, 0) is 0 Å². The molecule has 0 heterocycles. The molecule has 0 aliphatic rings. The maximum atomic E-state index is 9.29. The molecular formula is C8H15BrN2O. The summed E-state index contributed by atoms with van der Waals surface area (Å²) in [4.78, 5) is 4.00. The SMILES string of the molecule is C/C(N)=C(\Br)C=NCC(C)(C)O. The van der Waals surface area contributed by atoms with Gasteiger partial charge in [0.2, 0.25) is 0 Å². The van der Waals surface area contributed by atoms with Crippen LogP contribution >= 0.6 is 15.9 Å². The van der Waals surface area contributed by atoms with Gasteiger partial charge in [-0.3, -0.25) is 4.99 Å². The summed E-state index contributed by atoms with van der Waals surface area (Å²) in [6, 6.07) is 0. The highest BCUT2D eigenvalue weighted by Crippen LogP contribution is 2.06. The van der Waals surface area contributed by atoms with E-state index in [9.17, 15) is 5.11 Å². The maximum Gasteiger partial charge on any atom is 0.0786 e. The average molecular weight is 235 g/mol. The normalized spacial score (nSPS) is 15.1. The van der Waals surface area contributed by atoms with Crippen LogP contribution in [0, 0.1) is 0 Å². The summed E-state index contributed by atoms with van der Waals surface area (Å²) in [7, 11) is 0. The lowest BCUT2D eigenvalue weighted by atomic mass is 10.1. The molecule has 0 aliphatic carbocycles. The third-order valence-electron chi connectivity index (χ3n) is 1.06. The maximum absolute atomic E-state index is 9.29. The van der Waals surface area contributed by atoms with Gasteiger partial charge in [-0.2, -0.15) is 0 Å². The minimum absolute atomic E-state index is 0.370. The molecule has 12 heavy (non-hydrogen) atoms. The van der Waals surface area contributed by atoms with E-state index in [-0.39, 0.29) is 0 Å². The van der Waals surface area contributed by atoms with Crippen LogP contribution < -0.4 is 5.73 Å². The quantitative estimate of drug-likeness (QED) is 0.726. The Kier molecular flexibility index (Phi) is 4.49. The van der Waals surface area contributed by atoms with Gasteiger partial charge in [-0.25, -0.2) is 0 Å². The Labute approximate surface area is 81.5 Å². The number of aliphatic hydroxyl groups is 1. The molecule has 0 spiro atoms. The van der Waals surface area contributed by atoms with Crippen LogP contribution in [0.3, 0.4) is 0 Å². The van der Waals surface area contributed by atoms with Crippen molar-refractivity contribution in [3.05, 3.63) is 10.2 Å². The molecule has 0 aromatic rings. The van der Waals surface area contributed by atoms with Gasteiger partial charge in [0.15, 0.2) is 0 Å². The number of hydrogen-bond acceptors (Lipinski definition) is 3. The van der Waals surface area contributed by atoms with E-state index in [2.05, 4.69) is 20.9 Å². The second-order valence-corrected chi connectivity index (χ2v) is 4.17. The van der Waals surface area contributed by atoms with Crippen molar-refractivity contribution in [3.8, 4) is 0 Å². The number of nitrogens with zero attached hydrogens (tertiary/aromatic N) is 1. The molecule has 0 amide bonds. The lowest BCUT2D eigenvalue weighted by Crippen LogP contribution is -2.22. The van der Waals surface area contributed by atoms with Crippen LogP contribution in [0.4, 0.5) is 0 Å². The molecule has 0 aromatic heterocycles. The molecule has 0 unspecified atom stereocenters. The Hall–Kier alpha value is -0.350. The van der Waals surface area contributed by atoms with E-state index < -0.39 is 5.60 Å². The Bertz CT molecular complexity index is 200. The number of nitrogens with two attached hydrogens (primary N) is 1. The van der Waals surface area contributed by atoms with Crippen molar-refractivity contribution < 1.29 is 5.11 Å². The minimum Gasteiger partial charge on any atom is -0.401 e. The molecule has 0 radical (unpaired) electrons. The Morgan fingerprint density at radius 1 is 1.67 bits per heavy atom. The number of halogens is 1. The largest absolute Gasteiger partial charge is 0.401 e. The molecule has 0 aromatic carbocycles. The van der Waals surface area contributed by atoms with Gasteiger partial charge in [0.05, 0.1) is 16.6 Å². The van der Waals surface area contributed by atoms with Gasteiger partial charge < -0.3 is 10.8 Å². The highest BCUT2D eigenvalue weighted by atomic mass is 79.9. The molecule has 0 aliphatic heterocycles. The van der Waals surface area contributed by atoms with Crippen molar-refractivity contribution in [1.29, 1.82) is 0 Å². The minimum atomic E-state index is -0.758. The van der Waals surface area contributed by atoms with E-state index in [1.807, 2.05) is 0 Å². The van der Waals surface area contributed by atoms with Gasteiger partial charge >= 0.3 is 0 Å². The van der Waals surface area contributed by atoms with Gasteiger partial charge in [0.1, 0.15) is 0 Å². The molecule has 0 rings (SSSR count). The summed E-state index contributed by atoms with van der Waals surface area (Å²) in [6.07, 6.45) is 1.60. The van der Waals surface area contributed by atoms with Crippen LogP contribution in [0.5, 0.6) is 0 Å². The summed E-state index contributed by atoms with van der Waals surface area (Å²) in [6.45, 7) is 5.56. The van der Waals surface area contributed by atoms with E-state index in [0.29, 0.717) is 12.2 Å². The fourth-order valence-electron chi connectivity index (χ4n) is 0.451. The van der Waals surface area contributed by atoms with Gasteiger partial charge in [0, 0.05) is 11.9 Å². The van der Waals surface area contributed by atoms with Gasteiger partial charge in [-0.15, -0.1) is 0 Å². The first-order chi connectivity index (χ1) is 5.33. The molecule has 4 heteroatoms. The van der Waals surface area contributed by atoms with Crippen molar-refractivity contribution in [2.45, 2.75) is 26.4 Å². The zero-order valence-electron chi connectivity index (χ0n) is 7.63. The number of hydrogen-bond donors (Lipinski definition) is 2. The van der Waals surface area contributed by atoms with Crippen LogP contribution in [0.2, 0.25) is 0 Å². The van der Waals surface area contributed by atoms with Crippen LogP contribution in [0.1, 0.15) is 20.8 Å². The molecule has 3 nitrogen and oxygen atoms in total. The van der Waals surface area contributed by atoms with E-state index in [4.69, 9.17) is 5.73 Å². The number of aliphatic imine (C=N–C) groups is 1. The zero-order valence-corrected chi connectivity index (χ0v) is 9.22. The van der Waals surface area contributed by atoms with Crippen LogP contribution in [0.15, 0.2) is 15.2 Å². The molecular weight excluding hydrogens is 220 g/mol. The van der Waals surface area contributed by atoms with Gasteiger partial charge in [0.25, 0.3) is 0 Å². The highest BCUT2D eigenvalue weighted by molar-refractivity contribution is 9.12. The fourth-order valence-corrected chi connectivity index (χ4v) is 0.596. The van der Waals surface area contributed by atoms with E-state index in [0.717, 1.165) is 4.48 Å². The van der Waals surface area contributed by atoms with Crippen molar-refractivity contribution in [2.75, 3.05) is 6.54 Å². The average Bonchev–Trinajstić information content (AvgIpc) is 1.84. The number of rotatable bonds is 3. The molecule has 0 fully saturated rings. The van der Waals surface area contributed by atoms with Crippen LogP contribution in [0.25, 0.3) is 0 Å². The molecule has 70 valence electrons. The highest BCUT2D eigenvalue weighted by Gasteiger charge is 2.09. The van der Waals surface area contributed by atoms with Crippen LogP contribution in [-0.4, -0.2) is 23.5 Å². The van der Waals surface area contributed by atoms with Gasteiger partial charge in [-0.05, 0) is 36.7 Å². The standard InChI is InChI=1S/C8H15BrN2O/c1-6(10)7(9)4-11-5-8(2,3)12/h4,12H,5,10H2,1-3H3/b7-6+,11-4?. The molecule has 0 bridgehead atoms. The topological polar surface area (TPSA) is 58.6 Å². The molecule has 3 N–H and O–H groups in total. The zero-order chi connectivity index (χ0) is 9.78. The summed E-state index contributed by atoms with van der Waals surface area (Å²) in [5.74, 6) is 0. The Morgan fingerprint density at radius 3 is 2.50 bits per heavy atom. The lowest BCUT2D eigenvalue weighted by molar-refractivity contribution is 0.0906. The third kappa shape index (κ3) is 6.37. The first-order valence-electron chi connectivity index (χ1n) is 3.67. The smallest absolute Gasteiger partial charge is 0.0786 e.